The highest BCUT2D eigenvalue weighted by Gasteiger charge is 2.10. The average molecular weight is 545 g/mol. The number of halogens is 1. The van der Waals surface area contributed by atoms with E-state index in [1.807, 2.05) is 24.4 Å². The molecule has 0 spiro atoms. The number of rotatable bonds is 9. The number of hydrogen-bond donors (Lipinski definition) is 2. The summed E-state index contributed by atoms with van der Waals surface area (Å²) >= 11 is 1.70. The van der Waals surface area contributed by atoms with E-state index in [9.17, 15) is 0 Å². The molecule has 1 aliphatic rings. The van der Waals surface area contributed by atoms with E-state index in [1.54, 1.807) is 11.3 Å². The van der Waals surface area contributed by atoms with Crippen molar-refractivity contribution in [3.8, 4) is 5.75 Å². The molecule has 1 saturated heterocycles. The molecule has 2 aromatic rings. The predicted octanol–water partition coefficient (Wildman–Crippen LogP) is 3.04. The minimum Gasteiger partial charge on any atom is -0.492 e. The summed E-state index contributed by atoms with van der Waals surface area (Å²) in [5.74, 6) is 1.68. The molecule has 9 heteroatoms. The van der Waals surface area contributed by atoms with Gasteiger partial charge in [0.15, 0.2) is 5.96 Å². The number of nitrogens with one attached hydrogen (secondary N) is 2. The fourth-order valence-electron chi connectivity index (χ4n) is 3.03. The van der Waals surface area contributed by atoms with Crippen LogP contribution in [0.15, 0.2) is 35.5 Å². The molecule has 2 heterocycles. The number of aryl methyl sites for hydroxylation is 1. The number of morpholine rings is 1. The van der Waals surface area contributed by atoms with E-state index in [1.165, 1.54) is 4.88 Å². The van der Waals surface area contributed by atoms with Gasteiger partial charge < -0.3 is 20.1 Å². The molecule has 1 aromatic heterocycles. The first kappa shape index (κ1) is 24.8. The topological polar surface area (TPSA) is 71.0 Å². The molecular formula is C21H32IN5O2S. The maximum Gasteiger partial charge on any atom is 0.191 e. The largest absolute Gasteiger partial charge is 0.492 e. The van der Waals surface area contributed by atoms with Crippen LogP contribution in [0.4, 0.5) is 0 Å². The van der Waals surface area contributed by atoms with Crippen LogP contribution in [0.3, 0.4) is 0 Å². The number of hydrogen-bond acceptors (Lipinski definition) is 6. The van der Waals surface area contributed by atoms with Crippen LogP contribution in [-0.2, 0) is 17.8 Å². The van der Waals surface area contributed by atoms with Crippen molar-refractivity contribution in [1.82, 2.24) is 20.5 Å². The quantitative estimate of drug-likeness (QED) is 0.287. The highest BCUT2D eigenvalue weighted by atomic mass is 127. The van der Waals surface area contributed by atoms with Gasteiger partial charge in [-0.2, -0.15) is 0 Å². The number of aliphatic imine (C=N–C) groups is 1. The summed E-state index contributed by atoms with van der Waals surface area (Å²) < 4.78 is 11.5. The van der Waals surface area contributed by atoms with Crippen LogP contribution in [0, 0.1) is 6.92 Å². The van der Waals surface area contributed by atoms with Crippen LogP contribution >= 0.6 is 35.3 Å². The number of nitrogens with zero attached hydrogens (tertiary/aromatic N) is 3. The Kier molecular flexibility index (Phi) is 11.4. The van der Waals surface area contributed by atoms with Crippen LogP contribution in [-0.4, -0.2) is 61.8 Å². The second kappa shape index (κ2) is 13.8. The average Bonchev–Trinajstić information content (AvgIpc) is 3.17. The fourth-order valence-corrected chi connectivity index (χ4v) is 3.76. The smallest absolute Gasteiger partial charge is 0.191 e. The van der Waals surface area contributed by atoms with Gasteiger partial charge in [0.25, 0.3) is 0 Å². The van der Waals surface area contributed by atoms with E-state index in [2.05, 4.69) is 40.4 Å². The molecule has 0 atom stereocenters. The second-order valence-electron chi connectivity index (χ2n) is 6.82. The molecule has 3 rings (SSSR count). The Morgan fingerprint density at radius 2 is 2.07 bits per heavy atom. The normalized spacial score (nSPS) is 14.8. The first-order valence-corrected chi connectivity index (χ1v) is 11.0. The third-order valence-corrected chi connectivity index (χ3v) is 5.48. The number of ether oxygens (including phenoxy) is 2. The summed E-state index contributed by atoms with van der Waals surface area (Å²) in [7, 11) is 0. The van der Waals surface area contributed by atoms with Crippen molar-refractivity contribution >= 4 is 41.3 Å². The Bertz CT molecular complexity index is 780. The molecule has 2 N–H and O–H groups in total. The first-order chi connectivity index (χ1) is 14.2. The molecule has 30 heavy (non-hydrogen) atoms. The zero-order valence-corrected chi connectivity index (χ0v) is 20.9. The van der Waals surface area contributed by atoms with Gasteiger partial charge in [0.2, 0.25) is 0 Å². The monoisotopic (exact) mass is 545 g/mol. The predicted molar refractivity (Wildman–Crippen MR) is 133 cm³/mol. The van der Waals surface area contributed by atoms with E-state index < -0.39 is 0 Å². The van der Waals surface area contributed by atoms with E-state index in [0.717, 1.165) is 61.7 Å². The maximum absolute atomic E-state index is 6.06. The molecular weight excluding hydrogens is 513 g/mol. The van der Waals surface area contributed by atoms with Crippen molar-refractivity contribution in [2.24, 2.45) is 4.99 Å². The van der Waals surface area contributed by atoms with E-state index in [0.29, 0.717) is 19.7 Å². The lowest BCUT2D eigenvalue weighted by molar-refractivity contribution is 0.0322. The number of para-hydroxylation sites is 1. The van der Waals surface area contributed by atoms with Gasteiger partial charge in [-0.15, -0.1) is 35.3 Å². The number of guanidine groups is 1. The summed E-state index contributed by atoms with van der Waals surface area (Å²) in [6.45, 7) is 11.3. The summed E-state index contributed by atoms with van der Waals surface area (Å²) in [6, 6.07) is 8.12. The molecule has 0 amide bonds. The lowest BCUT2D eigenvalue weighted by Crippen LogP contribution is -2.38. The van der Waals surface area contributed by atoms with Crippen molar-refractivity contribution < 1.29 is 9.47 Å². The Morgan fingerprint density at radius 1 is 1.27 bits per heavy atom. The standard InChI is InChI=1S/C21H31N5O2S.HI/c1-3-22-21(25-16-20-23-14-17(2)29-20)24-15-18-6-4-5-7-19(18)28-13-10-26-8-11-27-12-9-26;/h4-7,14H,3,8-13,15-16H2,1-2H3,(H2,22,24,25);1H. The highest BCUT2D eigenvalue weighted by molar-refractivity contribution is 14.0. The van der Waals surface area contributed by atoms with Crippen LogP contribution in [0.25, 0.3) is 0 Å². The Balaban J connectivity index is 0.00000320. The fraction of sp³-hybridized carbons (Fsp3) is 0.524. The number of benzene rings is 1. The van der Waals surface area contributed by atoms with E-state index in [-0.39, 0.29) is 24.0 Å². The van der Waals surface area contributed by atoms with Gasteiger partial charge in [-0.1, -0.05) is 18.2 Å². The summed E-state index contributed by atoms with van der Waals surface area (Å²) in [4.78, 5) is 12.7. The van der Waals surface area contributed by atoms with Crippen molar-refractivity contribution in [1.29, 1.82) is 0 Å². The van der Waals surface area contributed by atoms with Gasteiger partial charge >= 0.3 is 0 Å². The minimum absolute atomic E-state index is 0. The van der Waals surface area contributed by atoms with E-state index in [4.69, 9.17) is 14.5 Å². The summed E-state index contributed by atoms with van der Waals surface area (Å²) in [5.41, 5.74) is 1.08. The van der Waals surface area contributed by atoms with Gasteiger partial charge in [-0.05, 0) is 19.9 Å². The molecule has 0 unspecified atom stereocenters. The number of aromatic nitrogens is 1. The van der Waals surface area contributed by atoms with Gasteiger partial charge in [0, 0.05) is 42.8 Å². The zero-order valence-electron chi connectivity index (χ0n) is 17.7. The van der Waals surface area contributed by atoms with Gasteiger partial charge in [0.1, 0.15) is 17.4 Å². The lowest BCUT2D eigenvalue weighted by Gasteiger charge is -2.26. The van der Waals surface area contributed by atoms with Crippen LogP contribution < -0.4 is 15.4 Å². The minimum atomic E-state index is 0. The molecule has 0 aliphatic carbocycles. The van der Waals surface area contributed by atoms with Crippen LogP contribution in [0.1, 0.15) is 22.4 Å². The first-order valence-electron chi connectivity index (χ1n) is 10.2. The SMILES string of the molecule is CCNC(=NCc1ccccc1OCCN1CCOCC1)NCc1ncc(C)s1.I. The van der Waals surface area contributed by atoms with Crippen LogP contribution in [0.5, 0.6) is 5.75 Å². The molecule has 0 saturated carbocycles. The molecule has 7 nitrogen and oxygen atoms in total. The van der Waals surface area contributed by atoms with Crippen molar-refractivity contribution in [2.75, 3.05) is 46.0 Å². The van der Waals surface area contributed by atoms with E-state index >= 15 is 0 Å². The molecule has 0 bridgehead atoms. The molecule has 1 fully saturated rings. The zero-order chi connectivity index (χ0) is 20.3. The maximum atomic E-state index is 6.06. The van der Waals surface area contributed by atoms with Crippen LogP contribution in [0.2, 0.25) is 0 Å². The molecule has 1 aliphatic heterocycles. The van der Waals surface area contributed by atoms with Gasteiger partial charge in [0.05, 0.1) is 26.3 Å². The molecule has 0 radical (unpaired) electrons. The van der Waals surface area contributed by atoms with Crippen molar-refractivity contribution in [2.45, 2.75) is 26.9 Å². The third kappa shape index (κ3) is 8.37. The third-order valence-electron chi connectivity index (χ3n) is 4.57. The highest BCUT2D eigenvalue weighted by Crippen LogP contribution is 2.19. The molecule has 166 valence electrons. The van der Waals surface area contributed by atoms with Gasteiger partial charge in [-0.25, -0.2) is 9.98 Å². The molecule has 1 aromatic carbocycles. The Labute approximate surface area is 200 Å². The van der Waals surface area contributed by atoms with Crippen molar-refractivity contribution in [3.63, 3.8) is 0 Å². The summed E-state index contributed by atoms with van der Waals surface area (Å²) in [6.07, 6.45) is 1.90. The lowest BCUT2D eigenvalue weighted by atomic mass is 10.2. The summed E-state index contributed by atoms with van der Waals surface area (Å²) in [5, 5.41) is 7.70. The Hall–Kier alpha value is -1.43. The van der Waals surface area contributed by atoms with Gasteiger partial charge in [-0.3, -0.25) is 4.90 Å². The Morgan fingerprint density at radius 3 is 2.80 bits per heavy atom. The number of thiazole rings is 1. The van der Waals surface area contributed by atoms with Crippen molar-refractivity contribution in [3.05, 3.63) is 45.9 Å². The second-order valence-corrected chi connectivity index (χ2v) is 8.14.